The number of carbonyl (C=O) groups excluding carboxylic acids is 1. The highest BCUT2D eigenvalue weighted by molar-refractivity contribution is 5.93. The van der Waals surface area contributed by atoms with Crippen molar-refractivity contribution in [2.45, 2.75) is 38.8 Å². The van der Waals surface area contributed by atoms with Gasteiger partial charge in [0.1, 0.15) is 5.69 Å². The Morgan fingerprint density at radius 1 is 1.61 bits per heavy atom. The van der Waals surface area contributed by atoms with Crippen LogP contribution >= 0.6 is 0 Å². The van der Waals surface area contributed by atoms with E-state index in [0.717, 1.165) is 25.8 Å². The van der Waals surface area contributed by atoms with Crippen molar-refractivity contribution in [2.75, 3.05) is 12.3 Å². The summed E-state index contributed by atoms with van der Waals surface area (Å²) in [5.41, 5.74) is 6.96. The third-order valence-electron chi connectivity index (χ3n) is 3.38. The van der Waals surface area contributed by atoms with Crippen LogP contribution in [0.4, 0.5) is 5.69 Å². The fourth-order valence-electron chi connectivity index (χ4n) is 2.34. The fraction of sp³-hybridized carbons (Fsp3) is 0.615. The van der Waals surface area contributed by atoms with E-state index >= 15 is 0 Å². The van der Waals surface area contributed by atoms with Gasteiger partial charge in [-0.3, -0.25) is 4.79 Å². The van der Waals surface area contributed by atoms with Gasteiger partial charge >= 0.3 is 0 Å². The number of hydrogen-bond donors (Lipinski definition) is 3. The number of nitrogens with one attached hydrogen (secondary N) is 1. The maximum atomic E-state index is 12.0. The molecule has 5 nitrogen and oxygen atoms in total. The molecule has 1 amide bonds. The Morgan fingerprint density at radius 2 is 2.33 bits per heavy atom. The molecule has 1 aliphatic rings. The molecule has 0 unspecified atom stereocenters. The molecular weight excluding hydrogens is 230 g/mol. The molecule has 5 heteroatoms. The lowest BCUT2D eigenvalue weighted by Crippen LogP contribution is -2.38. The Balaban J connectivity index is 1.91. The summed E-state index contributed by atoms with van der Waals surface area (Å²) in [6.45, 7) is 3.49. The van der Waals surface area contributed by atoms with E-state index in [1.807, 2.05) is 4.57 Å². The van der Waals surface area contributed by atoms with Crippen LogP contribution in [-0.4, -0.2) is 28.2 Å². The second-order valence-electron chi connectivity index (χ2n) is 5.05. The van der Waals surface area contributed by atoms with Crippen LogP contribution in [0.25, 0.3) is 0 Å². The van der Waals surface area contributed by atoms with Crippen LogP contribution in [0, 0.1) is 5.92 Å². The number of aromatic nitrogens is 1. The lowest BCUT2D eigenvalue weighted by atomic mass is 9.82. The summed E-state index contributed by atoms with van der Waals surface area (Å²) in [4.78, 5) is 12.0. The summed E-state index contributed by atoms with van der Waals surface area (Å²) in [5.74, 6) is 0.331. The molecule has 100 valence electrons. The van der Waals surface area contributed by atoms with E-state index in [2.05, 4.69) is 12.2 Å². The van der Waals surface area contributed by atoms with E-state index in [0.29, 0.717) is 23.8 Å². The summed E-state index contributed by atoms with van der Waals surface area (Å²) < 4.78 is 1.89. The largest absolute Gasteiger partial charge is 0.397 e. The maximum absolute atomic E-state index is 12.0. The number of nitrogens with two attached hydrogens (primary N) is 1. The molecule has 4 N–H and O–H groups in total. The second kappa shape index (κ2) is 5.44. The van der Waals surface area contributed by atoms with Crippen LogP contribution in [0.1, 0.15) is 36.7 Å². The quantitative estimate of drug-likeness (QED) is 0.729. The normalized spacial score (nSPS) is 22.6. The molecule has 1 aromatic heterocycles. The zero-order valence-electron chi connectivity index (χ0n) is 10.7. The lowest BCUT2D eigenvalue weighted by molar-refractivity contribution is 0.0419. The second-order valence-corrected chi connectivity index (χ2v) is 5.05. The number of carbonyl (C=O) groups is 1. The molecule has 1 saturated carbocycles. The maximum Gasteiger partial charge on any atom is 0.267 e. The number of aliphatic hydroxyl groups is 1. The summed E-state index contributed by atoms with van der Waals surface area (Å²) in [7, 11) is 0. The minimum absolute atomic E-state index is 0.0819. The Kier molecular flexibility index (Phi) is 3.91. The first-order valence-corrected chi connectivity index (χ1v) is 6.52. The van der Waals surface area contributed by atoms with Gasteiger partial charge in [-0.05, 0) is 31.2 Å². The van der Waals surface area contributed by atoms with E-state index in [4.69, 9.17) is 5.73 Å². The number of rotatable bonds is 5. The van der Waals surface area contributed by atoms with Crippen LogP contribution in [0.15, 0.2) is 12.3 Å². The molecule has 0 atom stereocenters. The predicted octanol–water partition coefficient (Wildman–Crippen LogP) is 0.981. The van der Waals surface area contributed by atoms with Crippen molar-refractivity contribution in [3.8, 4) is 0 Å². The first-order valence-electron chi connectivity index (χ1n) is 6.52. The van der Waals surface area contributed by atoms with Gasteiger partial charge in [-0.25, -0.2) is 0 Å². The van der Waals surface area contributed by atoms with Crippen LogP contribution in [-0.2, 0) is 6.54 Å². The van der Waals surface area contributed by atoms with E-state index in [1.54, 1.807) is 12.3 Å². The first-order chi connectivity index (χ1) is 8.60. The molecule has 1 aliphatic carbocycles. The minimum atomic E-state index is -0.175. The van der Waals surface area contributed by atoms with E-state index in [-0.39, 0.29) is 12.0 Å². The van der Waals surface area contributed by atoms with Gasteiger partial charge in [0, 0.05) is 19.3 Å². The fourth-order valence-corrected chi connectivity index (χ4v) is 2.34. The Labute approximate surface area is 107 Å². The molecule has 18 heavy (non-hydrogen) atoms. The monoisotopic (exact) mass is 251 g/mol. The molecule has 0 saturated heterocycles. The summed E-state index contributed by atoms with van der Waals surface area (Å²) in [5, 5.41) is 12.1. The van der Waals surface area contributed by atoms with Crippen LogP contribution in [0.3, 0.4) is 0 Å². The van der Waals surface area contributed by atoms with Gasteiger partial charge in [-0.2, -0.15) is 0 Å². The van der Waals surface area contributed by atoms with Crippen molar-refractivity contribution < 1.29 is 9.90 Å². The average Bonchev–Trinajstić information content (AvgIpc) is 2.64. The molecule has 1 aromatic rings. The van der Waals surface area contributed by atoms with Gasteiger partial charge in [0.05, 0.1) is 11.8 Å². The first kappa shape index (κ1) is 13.0. The Bertz CT molecular complexity index is 422. The van der Waals surface area contributed by atoms with Gasteiger partial charge in [0.2, 0.25) is 0 Å². The van der Waals surface area contributed by atoms with E-state index in [1.165, 1.54) is 0 Å². The van der Waals surface area contributed by atoms with Crippen molar-refractivity contribution in [1.82, 2.24) is 9.88 Å². The standard InChI is InChI=1S/C13H21N3O2/c1-2-3-16-8-10(14)6-12(16)13(18)15-7-9-4-11(17)5-9/h6,8-9,11,17H,2-5,7,14H2,1H3,(H,15,18). The van der Waals surface area contributed by atoms with Crippen LogP contribution < -0.4 is 11.1 Å². The summed E-state index contributed by atoms with van der Waals surface area (Å²) >= 11 is 0. The van der Waals surface area contributed by atoms with Crippen LogP contribution in [0.5, 0.6) is 0 Å². The number of aliphatic hydroxyl groups excluding tert-OH is 1. The van der Waals surface area contributed by atoms with Crippen molar-refractivity contribution in [3.63, 3.8) is 0 Å². The third kappa shape index (κ3) is 2.85. The Morgan fingerprint density at radius 3 is 2.94 bits per heavy atom. The third-order valence-corrected chi connectivity index (χ3v) is 3.38. The lowest BCUT2D eigenvalue weighted by Gasteiger charge is -2.31. The Hall–Kier alpha value is -1.49. The van der Waals surface area contributed by atoms with Gasteiger partial charge in [0.25, 0.3) is 5.91 Å². The van der Waals surface area contributed by atoms with Crippen LogP contribution in [0.2, 0.25) is 0 Å². The van der Waals surface area contributed by atoms with Crippen molar-refractivity contribution >= 4 is 11.6 Å². The van der Waals surface area contributed by atoms with Gasteiger partial charge < -0.3 is 20.7 Å². The highest BCUT2D eigenvalue weighted by Gasteiger charge is 2.27. The molecule has 1 fully saturated rings. The smallest absolute Gasteiger partial charge is 0.267 e. The topological polar surface area (TPSA) is 80.3 Å². The number of anilines is 1. The zero-order chi connectivity index (χ0) is 13.1. The number of nitrogens with zero attached hydrogens (tertiary/aromatic N) is 1. The molecule has 1 heterocycles. The summed E-state index contributed by atoms with van der Waals surface area (Å²) in [6, 6.07) is 1.71. The van der Waals surface area contributed by atoms with E-state index in [9.17, 15) is 9.90 Å². The molecule has 2 rings (SSSR count). The molecule has 0 aliphatic heterocycles. The average molecular weight is 251 g/mol. The number of hydrogen-bond acceptors (Lipinski definition) is 3. The number of aryl methyl sites for hydroxylation is 1. The molecular formula is C13H21N3O2. The van der Waals surface area contributed by atoms with Gasteiger partial charge in [0.15, 0.2) is 0 Å². The SMILES string of the molecule is CCCn1cc(N)cc1C(=O)NCC1CC(O)C1. The van der Waals surface area contributed by atoms with E-state index < -0.39 is 0 Å². The molecule has 0 radical (unpaired) electrons. The minimum Gasteiger partial charge on any atom is -0.397 e. The molecule has 0 bridgehead atoms. The van der Waals surface area contributed by atoms with Crippen molar-refractivity contribution in [2.24, 2.45) is 5.92 Å². The highest BCUT2D eigenvalue weighted by Crippen LogP contribution is 2.26. The van der Waals surface area contributed by atoms with Gasteiger partial charge in [-0.15, -0.1) is 0 Å². The predicted molar refractivity (Wildman–Crippen MR) is 70.2 cm³/mol. The summed E-state index contributed by atoms with van der Waals surface area (Å²) in [6.07, 6.45) is 4.16. The number of amides is 1. The molecule has 0 spiro atoms. The van der Waals surface area contributed by atoms with Crippen molar-refractivity contribution in [1.29, 1.82) is 0 Å². The van der Waals surface area contributed by atoms with Crippen molar-refractivity contribution in [3.05, 3.63) is 18.0 Å². The highest BCUT2D eigenvalue weighted by atomic mass is 16.3. The van der Waals surface area contributed by atoms with Gasteiger partial charge in [-0.1, -0.05) is 6.92 Å². The number of nitrogen functional groups attached to an aromatic ring is 1. The zero-order valence-corrected chi connectivity index (χ0v) is 10.7. The molecule has 0 aromatic carbocycles.